The number of aromatic nitrogens is 1. The number of anilines is 1. The lowest BCUT2D eigenvalue weighted by Crippen LogP contribution is -2.15. The molecule has 1 aromatic carbocycles. The third-order valence-electron chi connectivity index (χ3n) is 3.10. The van der Waals surface area contributed by atoms with E-state index in [2.05, 4.69) is 10.3 Å². The van der Waals surface area contributed by atoms with E-state index in [-0.39, 0.29) is 18.1 Å². The van der Waals surface area contributed by atoms with Crippen LogP contribution in [-0.2, 0) is 6.61 Å². The number of thiazole rings is 1. The lowest BCUT2D eigenvalue weighted by Gasteiger charge is -2.06. The third kappa shape index (κ3) is 3.88. The van der Waals surface area contributed by atoms with Crippen molar-refractivity contribution >= 4 is 22.4 Å². The SMILES string of the molecule is Cc1csc(NC(=O)c2cc(=O)c(OCc3ccccc3)co2)n1. The highest BCUT2D eigenvalue weighted by Crippen LogP contribution is 2.16. The van der Waals surface area contributed by atoms with Gasteiger partial charge in [0.05, 0.1) is 5.69 Å². The first-order valence-corrected chi connectivity index (χ1v) is 8.03. The van der Waals surface area contributed by atoms with Crippen molar-refractivity contribution in [3.63, 3.8) is 0 Å². The third-order valence-corrected chi connectivity index (χ3v) is 3.97. The van der Waals surface area contributed by atoms with Gasteiger partial charge in [0.1, 0.15) is 12.9 Å². The highest BCUT2D eigenvalue weighted by molar-refractivity contribution is 7.13. The Hall–Kier alpha value is -2.93. The summed E-state index contributed by atoms with van der Waals surface area (Å²) < 4.78 is 10.6. The van der Waals surface area contributed by atoms with Crippen molar-refractivity contribution in [3.8, 4) is 5.75 Å². The van der Waals surface area contributed by atoms with E-state index in [1.54, 1.807) is 0 Å². The van der Waals surface area contributed by atoms with E-state index in [1.807, 2.05) is 42.6 Å². The monoisotopic (exact) mass is 342 g/mol. The molecule has 2 aromatic heterocycles. The first-order chi connectivity index (χ1) is 11.6. The van der Waals surface area contributed by atoms with Crippen LogP contribution >= 0.6 is 11.3 Å². The largest absolute Gasteiger partial charge is 0.482 e. The van der Waals surface area contributed by atoms with Gasteiger partial charge in [0.2, 0.25) is 11.2 Å². The zero-order chi connectivity index (χ0) is 16.9. The van der Waals surface area contributed by atoms with Gasteiger partial charge in [-0.05, 0) is 12.5 Å². The van der Waals surface area contributed by atoms with Gasteiger partial charge >= 0.3 is 0 Å². The quantitative estimate of drug-likeness (QED) is 0.770. The predicted octanol–water partition coefficient (Wildman–Crippen LogP) is 3.24. The zero-order valence-electron chi connectivity index (χ0n) is 12.8. The summed E-state index contributed by atoms with van der Waals surface area (Å²) in [5.41, 5.74) is 1.32. The molecule has 7 heteroatoms. The molecule has 2 heterocycles. The predicted molar refractivity (Wildman–Crippen MR) is 90.6 cm³/mol. The Morgan fingerprint density at radius 3 is 2.79 bits per heavy atom. The minimum Gasteiger partial charge on any atom is -0.482 e. The molecule has 0 spiro atoms. The number of nitrogens with one attached hydrogen (secondary N) is 1. The van der Waals surface area contributed by atoms with Crippen molar-refractivity contribution in [1.82, 2.24) is 4.98 Å². The molecule has 0 saturated carbocycles. The molecular weight excluding hydrogens is 328 g/mol. The standard InChI is InChI=1S/C17H14N2O4S/c1-11-10-24-17(18-11)19-16(21)14-7-13(20)15(9-23-14)22-8-12-5-3-2-4-6-12/h2-7,9-10H,8H2,1H3,(H,18,19,21). The molecule has 3 aromatic rings. The molecule has 0 aliphatic heterocycles. The van der Waals surface area contributed by atoms with Gasteiger partial charge < -0.3 is 9.15 Å². The van der Waals surface area contributed by atoms with Crippen LogP contribution < -0.4 is 15.5 Å². The second-order valence-corrected chi connectivity index (χ2v) is 5.85. The maximum absolute atomic E-state index is 12.0. The van der Waals surface area contributed by atoms with Gasteiger partial charge in [-0.1, -0.05) is 30.3 Å². The van der Waals surface area contributed by atoms with Crippen LogP contribution in [0.25, 0.3) is 0 Å². The molecule has 24 heavy (non-hydrogen) atoms. The fraction of sp³-hybridized carbons (Fsp3) is 0.118. The Labute approximate surface area is 141 Å². The first kappa shape index (κ1) is 15.9. The summed E-state index contributed by atoms with van der Waals surface area (Å²) in [6.45, 7) is 2.07. The highest BCUT2D eigenvalue weighted by atomic mass is 32.1. The lowest BCUT2D eigenvalue weighted by atomic mass is 10.2. The molecule has 0 unspecified atom stereocenters. The second-order valence-electron chi connectivity index (χ2n) is 5.00. The number of carbonyl (C=O) groups is 1. The van der Waals surface area contributed by atoms with Crippen LogP contribution in [0.4, 0.5) is 5.13 Å². The number of aryl methyl sites for hydroxylation is 1. The van der Waals surface area contributed by atoms with Crippen molar-refractivity contribution in [2.24, 2.45) is 0 Å². The van der Waals surface area contributed by atoms with Crippen molar-refractivity contribution in [2.75, 3.05) is 5.32 Å². The molecule has 3 rings (SSSR count). The van der Waals surface area contributed by atoms with Crippen LogP contribution in [0.15, 0.2) is 57.3 Å². The molecule has 0 aliphatic rings. The molecule has 0 aliphatic carbocycles. The maximum atomic E-state index is 12.0. The van der Waals surface area contributed by atoms with Crippen molar-refractivity contribution in [3.05, 3.63) is 75.3 Å². The van der Waals surface area contributed by atoms with Gasteiger partial charge in [-0.15, -0.1) is 11.3 Å². The number of amides is 1. The fourth-order valence-electron chi connectivity index (χ4n) is 1.93. The van der Waals surface area contributed by atoms with Gasteiger partial charge in [0.15, 0.2) is 10.9 Å². The second kappa shape index (κ2) is 7.10. The first-order valence-electron chi connectivity index (χ1n) is 7.15. The van der Waals surface area contributed by atoms with Crippen LogP contribution in [0, 0.1) is 6.92 Å². The molecule has 0 radical (unpaired) electrons. The van der Waals surface area contributed by atoms with Gasteiger partial charge in [0, 0.05) is 11.4 Å². The van der Waals surface area contributed by atoms with E-state index in [1.165, 1.54) is 11.3 Å². The van der Waals surface area contributed by atoms with Crippen LogP contribution in [0.5, 0.6) is 5.75 Å². The van der Waals surface area contributed by atoms with E-state index in [4.69, 9.17) is 9.15 Å². The van der Waals surface area contributed by atoms with Gasteiger partial charge in [-0.25, -0.2) is 4.98 Å². The number of hydrogen-bond acceptors (Lipinski definition) is 6. The molecule has 0 bridgehead atoms. The van der Waals surface area contributed by atoms with Crippen LogP contribution in [0.3, 0.4) is 0 Å². The number of hydrogen-bond donors (Lipinski definition) is 1. The summed E-state index contributed by atoms with van der Waals surface area (Å²) >= 11 is 1.30. The Bertz CT molecular complexity index is 902. The molecular formula is C17H14N2O4S. The summed E-state index contributed by atoms with van der Waals surface area (Å²) in [6, 6.07) is 10.5. The van der Waals surface area contributed by atoms with Crippen LogP contribution in [0.1, 0.15) is 21.8 Å². The average Bonchev–Trinajstić information content (AvgIpc) is 2.99. The summed E-state index contributed by atoms with van der Waals surface area (Å²) in [5, 5.41) is 4.84. The van der Waals surface area contributed by atoms with Crippen LogP contribution in [-0.4, -0.2) is 10.9 Å². The van der Waals surface area contributed by atoms with Gasteiger partial charge in [0.25, 0.3) is 5.91 Å². The molecule has 0 saturated heterocycles. The van der Waals surface area contributed by atoms with Gasteiger partial charge in [-0.2, -0.15) is 0 Å². The molecule has 0 atom stereocenters. The number of carbonyl (C=O) groups excluding carboxylic acids is 1. The van der Waals surface area contributed by atoms with E-state index >= 15 is 0 Å². The minimum absolute atomic E-state index is 0.0560. The van der Waals surface area contributed by atoms with Crippen molar-refractivity contribution < 1.29 is 13.9 Å². The van der Waals surface area contributed by atoms with Gasteiger partial charge in [-0.3, -0.25) is 14.9 Å². The fourth-order valence-corrected chi connectivity index (χ4v) is 2.61. The molecule has 1 N–H and O–H groups in total. The number of benzene rings is 1. The van der Waals surface area contributed by atoms with E-state index in [0.29, 0.717) is 5.13 Å². The summed E-state index contributed by atoms with van der Waals surface area (Å²) in [5.74, 6) is -0.573. The Morgan fingerprint density at radius 1 is 1.33 bits per heavy atom. The molecule has 122 valence electrons. The van der Waals surface area contributed by atoms with E-state index in [9.17, 15) is 9.59 Å². The van der Waals surface area contributed by atoms with E-state index in [0.717, 1.165) is 23.6 Å². The lowest BCUT2D eigenvalue weighted by molar-refractivity contribution is 0.0993. The topological polar surface area (TPSA) is 81.4 Å². The Kier molecular flexibility index (Phi) is 4.72. The molecule has 6 nitrogen and oxygen atoms in total. The maximum Gasteiger partial charge on any atom is 0.293 e. The summed E-state index contributed by atoms with van der Waals surface area (Å²) in [4.78, 5) is 28.2. The molecule has 1 amide bonds. The Balaban J connectivity index is 1.67. The van der Waals surface area contributed by atoms with Crippen molar-refractivity contribution in [2.45, 2.75) is 13.5 Å². The normalized spacial score (nSPS) is 10.4. The Morgan fingerprint density at radius 2 is 2.12 bits per heavy atom. The smallest absolute Gasteiger partial charge is 0.293 e. The zero-order valence-corrected chi connectivity index (χ0v) is 13.6. The minimum atomic E-state index is -0.531. The summed E-state index contributed by atoms with van der Waals surface area (Å²) in [7, 11) is 0. The number of ether oxygens (including phenoxy) is 1. The van der Waals surface area contributed by atoms with Crippen LogP contribution in [0.2, 0.25) is 0 Å². The highest BCUT2D eigenvalue weighted by Gasteiger charge is 2.13. The average molecular weight is 342 g/mol. The number of rotatable bonds is 5. The summed E-state index contributed by atoms with van der Waals surface area (Å²) in [6.07, 6.45) is 1.15. The van der Waals surface area contributed by atoms with E-state index < -0.39 is 11.3 Å². The van der Waals surface area contributed by atoms with Crippen molar-refractivity contribution in [1.29, 1.82) is 0 Å². The number of nitrogens with zero attached hydrogens (tertiary/aromatic N) is 1. The molecule has 0 fully saturated rings.